The molecule has 27 heavy (non-hydrogen) atoms. The Kier molecular flexibility index (Phi) is 5.05. The number of aryl methyl sites for hydroxylation is 1. The van der Waals surface area contributed by atoms with E-state index >= 15 is 0 Å². The number of hydrogen-bond donors (Lipinski definition) is 2. The van der Waals surface area contributed by atoms with Crippen LogP contribution in [0.4, 0.5) is 5.95 Å². The molecule has 0 radical (unpaired) electrons. The Morgan fingerprint density at radius 3 is 2.85 bits per heavy atom. The normalized spacial score (nSPS) is 14.5. The molecule has 6 nitrogen and oxygen atoms in total. The summed E-state index contributed by atoms with van der Waals surface area (Å²) < 4.78 is 0. The summed E-state index contributed by atoms with van der Waals surface area (Å²) in [5.41, 5.74) is 3.60. The summed E-state index contributed by atoms with van der Waals surface area (Å²) in [5, 5.41) is 4.20. The van der Waals surface area contributed by atoms with Gasteiger partial charge in [0.15, 0.2) is 0 Å². The number of piperidine rings is 1. The first kappa shape index (κ1) is 17.5. The van der Waals surface area contributed by atoms with E-state index in [1.807, 2.05) is 25.3 Å². The van der Waals surface area contributed by atoms with Crippen molar-refractivity contribution in [3.8, 4) is 0 Å². The van der Waals surface area contributed by atoms with Crippen molar-refractivity contribution in [2.45, 2.75) is 32.6 Å². The standard InChI is InChI=1S/C21H25N5O/c1-15-13-19(25-21(24-15)26-11-5-2-6-12-26)20(27)22-10-9-16-14-23-18-8-4-3-7-17(16)18/h3-4,7-8,13-14,23H,2,5-6,9-12H2,1H3,(H,22,27). The molecule has 1 amide bonds. The first-order valence-electron chi connectivity index (χ1n) is 9.64. The molecule has 0 spiro atoms. The number of anilines is 1. The number of benzene rings is 1. The van der Waals surface area contributed by atoms with E-state index in [-0.39, 0.29) is 5.91 Å². The Balaban J connectivity index is 1.41. The number of H-pyrrole nitrogens is 1. The number of rotatable bonds is 5. The van der Waals surface area contributed by atoms with Crippen LogP contribution in [-0.2, 0) is 6.42 Å². The van der Waals surface area contributed by atoms with Gasteiger partial charge in [-0.15, -0.1) is 0 Å². The van der Waals surface area contributed by atoms with E-state index in [1.165, 1.54) is 17.4 Å². The summed E-state index contributed by atoms with van der Waals surface area (Å²) in [6, 6.07) is 9.96. The number of carbonyl (C=O) groups excluding carboxylic acids is 1. The third kappa shape index (κ3) is 3.94. The fourth-order valence-corrected chi connectivity index (χ4v) is 3.64. The van der Waals surface area contributed by atoms with Crippen molar-refractivity contribution in [2.75, 3.05) is 24.5 Å². The predicted molar refractivity (Wildman–Crippen MR) is 107 cm³/mol. The molecular formula is C21H25N5O. The smallest absolute Gasteiger partial charge is 0.270 e. The van der Waals surface area contributed by atoms with Crippen LogP contribution in [0.3, 0.4) is 0 Å². The van der Waals surface area contributed by atoms with Gasteiger partial charge in [-0.3, -0.25) is 4.79 Å². The second-order valence-electron chi connectivity index (χ2n) is 7.11. The Bertz CT molecular complexity index is 943. The molecule has 1 aliphatic rings. The fourth-order valence-electron chi connectivity index (χ4n) is 3.64. The molecule has 0 saturated carbocycles. The highest BCUT2D eigenvalue weighted by atomic mass is 16.1. The molecule has 3 heterocycles. The second kappa shape index (κ2) is 7.78. The van der Waals surface area contributed by atoms with E-state index < -0.39 is 0 Å². The van der Waals surface area contributed by atoms with Crippen LogP contribution in [0.5, 0.6) is 0 Å². The van der Waals surface area contributed by atoms with Crippen molar-refractivity contribution in [1.29, 1.82) is 0 Å². The largest absolute Gasteiger partial charge is 0.361 e. The van der Waals surface area contributed by atoms with Crippen molar-refractivity contribution >= 4 is 22.8 Å². The van der Waals surface area contributed by atoms with Crippen molar-refractivity contribution in [2.24, 2.45) is 0 Å². The summed E-state index contributed by atoms with van der Waals surface area (Å²) in [7, 11) is 0. The molecule has 6 heteroatoms. The number of nitrogens with zero attached hydrogens (tertiary/aromatic N) is 3. The third-order valence-electron chi connectivity index (χ3n) is 5.07. The number of hydrogen-bond acceptors (Lipinski definition) is 4. The van der Waals surface area contributed by atoms with Gasteiger partial charge in [0.1, 0.15) is 5.69 Å². The Labute approximate surface area is 159 Å². The molecule has 1 fully saturated rings. The Morgan fingerprint density at radius 2 is 2.00 bits per heavy atom. The summed E-state index contributed by atoms with van der Waals surface area (Å²) in [6.07, 6.45) is 6.36. The molecule has 0 atom stereocenters. The molecule has 3 aromatic rings. The maximum atomic E-state index is 12.6. The lowest BCUT2D eigenvalue weighted by Gasteiger charge is -2.27. The van der Waals surface area contributed by atoms with Crippen LogP contribution in [0.2, 0.25) is 0 Å². The number of amides is 1. The van der Waals surface area contributed by atoms with Gasteiger partial charge in [0.25, 0.3) is 5.91 Å². The summed E-state index contributed by atoms with van der Waals surface area (Å²) in [4.78, 5) is 27.1. The number of nitrogens with one attached hydrogen (secondary N) is 2. The number of aromatic amines is 1. The molecular weight excluding hydrogens is 338 g/mol. The SMILES string of the molecule is Cc1cc(C(=O)NCCc2c[nH]c3ccccc23)nc(N2CCCCC2)n1. The number of fused-ring (bicyclic) bond motifs is 1. The highest BCUT2D eigenvalue weighted by Gasteiger charge is 2.17. The summed E-state index contributed by atoms with van der Waals surface area (Å²) in [6.45, 7) is 4.41. The predicted octanol–water partition coefficient (Wildman–Crippen LogP) is 3.23. The van der Waals surface area contributed by atoms with Gasteiger partial charge in [0.05, 0.1) is 0 Å². The van der Waals surface area contributed by atoms with Crippen LogP contribution in [0, 0.1) is 6.92 Å². The van der Waals surface area contributed by atoms with Gasteiger partial charge in [-0.05, 0) is 50.3 Å². The van der Waals surface area contributed by atoms with E-state index in [0.717, 1.165) is 43.6 Å². The zero-order chi connectivity index (χ0) is 18.6. The summed E-state index contributed by atoms with van der Waals surface area (Å²) >= 11 is 0. The van der Waals surface area contributed by atoms with Crippen LogP contribution in [0.15, 0.2) is 36.5 Å². The zero-order valence-corrected chi connectivity index (χ0v) is 15.7. The third-order valence-corrected chi connectivity index (χ3v) is 5.07. The summed E-state index contributed by atoms with van der Waals surface area (Å²) in [5.74, 6) is 0.537. The first-order valence-corrected chi connectivity index (χ1v) is 9.64. The molecule has 0 aliphatic carbocycles. The number of para-hydroxylation sites is 1. The highest BCUT2D eigenvalue weighted by molar-refractivity contribution is 5.92. The van der Waals surface area contributed by atoms with Gasteiger partial charge in [0, 0.05) is 42.4 Å². The molecule has 140 valence electrons. The van der Waals surface area contributed by atoms with Gasteiger partial charge in [-0.1, -0.05) is 18.2 Å². The van der Waals surface area contributed by atoms with Gasteiger partial charge >= 0.3 is 0 Å². The van der Waals surface area contributed by atoms with E-state index in [1.54, 1.807) is 6.07 Å². The van der Waals surface area contributed by atoms with Crippen molar-refractivity contribution in [3.05, 3.63) is 53.5 Å². The van der Waals surface area contributed by atoms with E-state index in [4.69, 9.17) is 0 Å². The molecule has 2 N–H and O–H groups in total. The topological polar surface area (TPSA) is 73.9 Å². The van der Waals surface area contributed by atoms with Crippen LogP contribution >= 0.6 is 0 Å². The molecule has 0 bridgehead atoms. The number of aromatic nitrogens is 3. The minimum Gasteiger partial charge on any atom is -0.361 e. The van der Waals surface area contributed by atoms with Crippen LogP contribution < -0.4 is 10.2 Å². The van der Waals surface area contributed by atoms with Crippen molar-refractivity contribution in [3.63, 3.8) is 0 Å². The van der Waals surface area contributed by atoms with E-state index in [0.29, 0.717) is 18.2 Å². The zero-order valence-electron chi connectivity index (χ0n) is 15.7. The Hall–Kier alpha value is -2.89. The number of carbonyl (C=O) groups is 1. The molecule has 0 unspecified atom stereocenters. The van der Waals surface area contributed by atoms with Gasteiger partial charge in [-0.2, -0.15) is 0 Å². The lowest BCUT2D eigenvalue weighted by Crippen LogP contribution is -2.32. The second-order valence-corrected chi connectivity index (χ2v) is 7.11. The maximum Gasteiger partial charge on any atom is 0.270 e. The average molecular weight is 363 g/mol. The van der Waals surface area contributed by atoms with Crippen LogP contribution in [0.1, 0.15) is 41.0 Å². The van der Waals surface area contributed by atoms with Crippen LogP contribution in [0.25, 0.3) is 10.9 Å². The van der Waals surface area contributed by atoms with Crippen molar-refractivity contribution in [1.82, 2.24) is 20.3 Å². The molecule has 1 aliphatic heterocycles. The minimum absolute atomic E-state index is 0.140. The molecule has 1 aromatic carbocycles. The van der Waals surface area contributed by atoms with Crippen molar-refractivity contribution < 1.29 is 4.79 Å². The lowest BCUT2D eigenvalue weighted by atomic mass is 10.1. The minimum atomic E-state index is -0.140. The van der Waals surface area contributed by atoms with Gasteiger partial charge < -0.3 is 15.2 Å². The van der Waals surface area contributed by atoms with E-state index in [9.17, 15) is 4.79 Å². The molecule has 1 saturated heterocycles. The lowest BCUT2D eigenvalue weighted by molar-refractivity contribution is 0.0949. The van der Waals surface area contributed by atoms with Crippen LogP contribution in [-0.4, -0.2) is 40.5 Å². The van der Waals surface area contributed by atoms with Gasteiger partial charge in [-0.25, -0.2) is 9.97 Å². The Morgan fingerprint density at radius 1 is 1.19 bits per heavy atom. The van der Waals surface area contributed by atoms with E-state index in [2.05, 4.69) is 37.3 Å². The molecule has 2 aromatic heterocycles. The van der Waals surface area contributed by atoms with Gasteiger partial charge in [0.2, 0.25) is 5.95 Å². The first-order chi connectivity index (χ1) is 13.2. The fraction of sp³-hybridized carbons (Fsp3) is 0.381. The quantitative estimate of drug-likeness (QED) is 0.730. The molecule has 4 rings (SSSR count). The maximum absolute atomic E-state index is 12.6. The average Bonchev–Trinajstić information content (AvgIpc) is 3.11. The monoisotopic (exact) mass is 363 g/mol. The highest BCUT2D eigenvalue weighted by Crippen LogP contribution is 2.18.